The van der Waals surface area contributed by atoms with Gasteiger partial charge in [-0.3, -0.25) is 4.21 Å². The molecule has 0 unspecified atom stereocenters. The molecule has 0 bridgehead atoms. The van der Waals surface area contributed by atoms with Crippen LogP contribution in [0.3, 0.4) is 0 Å². The van der Waals surface area contributed by atoms with E-state index in [1.54, 1.807) is 0 Å². The minimum absolute atomic E-state index is 0.400. The first-order chi connectivity index (χ1) is 9.04. The Bertz CT molecular complexity index is 316. The second-order valence-electron chi connectivity index (χ2n) is 7.05. The quantitative estimate of drug-likeness (QED) is 0.854. The predicted molar refractivity (Wildman–Crippen MR) is 83.9 cm³/mol. The van der Waals surface area contributed by atoms with Crippen LogP contribution < -0.4 is 5.32 Å². The molecular weight excluding hydrogens is 254 g/mol. The summed E-state index contributed by atoms with van der Waals surface area (Å²) in [7, 11) is -0.635. The molecule has 0 aromatic rings. The molecule has 1 N–H and O–H groups in total. The summed E-state index contributed by atoms with van der Waals surface area (Å²) in [5.74, 6) is 0.816. The maximum atomic E-state index is 12.3. The lowest BCUT2D eigenvalue weighted by Gasteiger charge is -2.43. The Hall–Kier alpha value is 0.110. The molecule has 19 heavy (non-hydrogen) atoms. The van der Waals surface area contributed by atoms with Gasteiger partial charge in [-0.05, 0) is 31.1 Å². The molecule has 0 aromatic heterocycles. The Morgan fingerprint density at radius 2 is 1.79 bits per heavy atom. The van der Waals surface area contributed by atoms with E-state index in [-0.39, 0.29) is 0 Å². The third-order valence-electron chi connectivity index (χ3n) is 5.25. The van der Waals surface area contributed by atoms with Gasteiger partial charge in [-0.1, -0.05) is 46.5 Å². The van der Waals surface area contributed by atoms with E-state index in [2.05, 4.69) is 26.1 Å². The van der Waals surface area contributed by atoms with Crippen LogP contribution in [0, 0.1) is 5.41 Å². The van der Waals surface area contributed by atoms with Crippen molar-refractivity contribution in [2.75, 3.05) is 5.75 Å². The molecule has 0 radical (unpaired) electrons. The first kappa shape index (κ1) is 15.5. The Labute approximate surface area is 121 Å². The lowest BCUT2D eigenvalue weighted by molar-refractivity contribution is 0.147. The SMILES string of the molecule is CC[S@@](=O)[C@@H]1CCCC[C@@H]1N[C@@H]1CCCCC1(C)C. The highest BCUT2D eigenvalue weighted by molar-refractivity contribution is 7.85. The molecule has 0 amide bonds. The van der Waals surface area contributed by atoms with Crippen molar-refractivity contribution in [2.24, 2.45) is 5.41 Å². The minimum Gasteiger partial charge on any atom is -0.310 e. The van der Waals surface area contributed by atoms with Gasteiger partial charge in [0, 0.05) is 28.6 Å². The van der Waals surface area contributed by atoms with Crippen molar-refractivity contribution in [2.45, 2.75) is 89.5 Å². The molecule has 2 nitrogen and oxygen atoms in total. The molecule has 0 spiro atoms. The minimum atomic E-state index is -0.635. The molecule has 3 heteroatoms. The van der Waals surface area contributed by atoms with Gasteiger partial charge < -0.3 is 5.32 Å². The lowest BCUT2D eigenvalue weighted by atomic mass is 9.72. The van der Waals surface area contributed by atoms with Crippen molar-refractivity contribution in [3.05, 3.63) is 0 Å². The number of nitrogens with one attached hydrogen (secondary N) is 1. The first-order valence-electron chi connectivity index (χ1n) is 8.18. The Kier molecular flexibility index (Phi) is 5.47. The molecule has 0 aliphatic heterocycles. The first-order valence-corrected chi connectivity index (χ1v) is 9.56. The highest BCUT2D eigenvalue weighted by Gasteiger charge is 2.37. The van der Waals surface area contributed by atoms with E-state index in [0.29, 0.717) is 22.7 Å². The van der Waals surface area contributed by atoms with Crippen molar-refractivity contribution in [1.29, 1.82) is 0 Å². The summed E-state index contributed by atoms with van der Waals surface area (Å²) in [6.45, 7) is 6.86. The van der Waals surface area contributed by atoms with Gasteiger partial charge in [-0.2, -0.15) is 0 Å². The Morgan fingerprint density at radius 1 is 1.11 bits per heavy atom. The second-order valence-corrected chi connectivity index (χ2v) is 9.00. The van der Waals surface area contributed by atoms with Gasteiger partial charge in [-0.25, -0.2) is 0 Å². The van der Waals surface area contributed by atoms with Gasteiger partial charge in [0.1, 0.15) is 0 Å². The van der Waals surface area contributed by atoms with E-state index in [0.717, 1.165) is 12.2 Å². The summed E-state index contributed by atoms with van der Waals surface area (Å²) in [5, 5.41) is 4.32. The zero-order chi connectivity index (χ0) is 13.9. The Morgan fingerprint density at radius 3 is 2.47 bits per heavy atom. The number of rotatable bonds is 4. The molecule has 2 saturated carbocycles. The van der Waals surface area contributed by atoms with E-state index < -0.39 is 10.8 Å². The van der Waals surface area contributed by atoms with Gasteiger partial charge in [0.05, 0.1) is 5.25 Å². The van der Waals surface area contributed by atoms with Crippen molar-refractivity contribution < 1.29 is 4.21 Å². The summed E-state index contributed by atoms with van der Waals surface area (Å²) in [5.41, 5.74) is 0.411. The third kappa shape index (κ3) is 3.81. The fourth-order valence-corrected chi connectivity index (χ4v) is 5.32. The monoisotopic (exact) mass is 285 g/mol. The maximum absolute atomic E-state index is 12.3. The highest BCUT2D eigenvalue weighted by atomic mass is 32.2. The van der Waals surface area contributed by atoms with Crippen LogP contribution in [0.4, 0.5) is 0 Å². The summed E-state index contributed by atoms with van der Waals surface area (Å²) < 4.78 is 12.3. The molecule has 2 rings (SSSR count). The molecule has 2 aliphatic carbocycles. The zero-order valence-corrected chi connectivity index (χ0v) is 13.7. The molecule has 0 aromatic carbocycles. The smallest absolute Gasteiger partial charge is 0.0501 e. The van der Waals surface area contributed by atoms with Crippen molar-refractivity contribution in [1.82, 2.24) is 5.32 Å². The predicted octanol–water partition coefficient (Wildman–Crippen LogP) is 3.62. The molecular formula is C16H31NOS. The zero-order valence-electron chi connectivity index (χ0n) is 12.9. The topological polar surface area (TPSA) is 29.1 Å². The van der Waals surface area contributed by atoms with Gasteiger partial charge >= 0.3 is 0 Å². The van der Waals surface area contributed by atoms with Gasteiger partial charge in [0.25, 0.3) is 0 Å². The number of hydrogen-bond acceptors (Lipinski definition) is 2. The fourth-order valence-electron chi connectivity index (χ4n) is 3.88. The van der Waals surface area contributed by atoms with Crippen LogP contribution in [0.25, 0.3) is 0 Å². The number of hydrogen-bond donors (Lipinski definition) is 1. The maximum Gasteiger partial charge on any atom is 0.0501 e. The van der Waals surface area contributed by atoms with Crippen LogP contribution in [-0.2, 0) is 10.8 Å². The van der Waals surface area contributed by atoms with E-state index in [1.165, 1.54) is 44.9 Å². The normalized spacial score (nSPS) is 36.9. The molecule has 0 saturated heterocycles. The third-order valence-corrected chi connectivity index (χ3v) is 7.06. The van der Waals surface area contributed by atoms with Crippen LogP contribution in [-0.4, -0.2) is 27.3 Å². The Balaban J connectivity index is 2.00. The van der Waals surface area contributed by atoms with E-state index in [9.17, 15) is 4.21 Å². The average Bonchev–Trinajstić information content (AvgIpc) is 2.41. The average molecular weight is 285 g/mol. The van der Waals surface area contributed by atoms with Crippen LogP contribution in [0.5, 0.6) is 0 Å². The van der Waals surface area contributed by atoms with Crippen LogP contribution in [0.15, 0.2) is 0 Å². The second kappa shape index (κ2) is 6.71. The molecule has 2 fully saturated rings. The van der Waals surface area contributed by atoms with E-state index >= 15 is 0 Å². The lowest BCUT2D eigenvalue weighted by Crippen LogP contribution is -2.54. The molecule has 0 heterocycles. The molecule has 2 aliphatic rings. The summed E-state index contributed by atoms with van der Waals surface area (Å²) >= 11 is 0. The fraction of sp³-hybridized carbons (Fsp3) is 1.00. The van der Waals surface area contributed by atoms with Gasteiger partial charge in [0.15, 0.2) is 0 Å². The van der Waals surface area contributed by atoms with Crippen molar-refractivity contribution in [3.8, 4) is 0 Å². The van der Waals surface area contributed by atoms with Crippen LogP contribution in [0.2, 0.25) is 0 Å². The summed E-state index contributed by atoms with van der Waals surface area (Å²) in [6, 6.07) is 1.12. The van der Waals surface area contributed by atoms with E-state index in [4.69, 9.17) is 0 Å². The van der Waals surface area contributed by atoms with Gasteiger partial charge in [0.2, 0.25) is 0 Å². The highest BCUT2D eigenvalue weighted by Crippen LogP contribution is 2.36. The van der Waals surface area contributed by atoms with Crippen LogP contribution >= 0.6 is 0 Å². The van der Waals surface area contributed by atoms with Crippen molar-refractivity contribution >= 4 is 10.8 Å². The molecule has 4 atom stereocenters. The summed E-state index contributed by atoms with van der Waals surface area (Å²) in [4.78, 5) is 0. The van der Waals surface area contributed by atoms with Gasteiger partial charge in [-0.15, -0.1) is 0 Å². The van der Waals surface area contributed by atoms with E-state index in [1.807, 2.05) is 0 Å². The van der Waals surface area contributed by atoms with Crippen LogP contribution in [0.1, 0.15) is 72.1 Å². The largest absolute Gasteiger partial charge is 0.310 e. The summed E-state index contributed by atoms with van der Waals surface area (Å²) in [6.07, 6.45) is 10.3. The standard InChI is InChI=1S/C16H31NOS/c1-4-19(18)14-10-6-5-9-13(14)17-15-11-7-8-12-16(15,2)3/h13-15,17H,4-12H2,1-3H3/t13-,14+,15+,19+/m0/s1. The van der Waals surface area contributed by atoms with Crippen molar-refractivity contribution in [3.63, 3.8) is 0 Å². The molecule has 112 valence electrons.